The topological polar surface area (TPSA) is 46.1 Å². The standard InChI is InChI=1S/C20H19N3O/c1-16-19(12-13-21-22-16)20(24)23(14-17-8-4-2-5-9-17)15-18-10-6-3-7-11-18/h2-13H,14-15H2,1H3. The molecule has 0 bridgehead atoms. The lowest BCUT2D eigenvalue weighted by Gasteiger charge is -2.23. The predicted octanol–water partition coefficient (Wildman–Crippen LogP) is 3.63. The number of benzene rings is 2. The SMILES string of the molecule is Cc1nnccc1C(=O)N(Cc1ccccc1)Cc1ccccc1. The molecule has 24 heavy (non-hydrogen) atoms. The van der Waals surface area contributed by atoms with Gasteiger partial charge in [0.1, 0.15) is 0 Å². The van der Waals surface area contributed by atoms with Crippen LogP contribution in [-0.4, -0.2) is 21.0 Å². The zero-order valence-electron chi connectivity index (χ0n) is 13.6. The van der Waals surface area contributed by atoms with Crippen LogP contribution in [0.25, 0.3) is 0 Å². The first-order valence-corrected chi connectivity index (χ1v) is 7.89. The van der Waals surface area contributed by atoms with Crippen LogP contribution in [-0.2, 0) is 13.1 Å². The minimum atomic E-state index is -0.0323. The number of hydrogen-bond donors (Lipinski definition) is 0. The van der Waals surface area contributed by atoms with E-state index in [1.807, 2.05) is 72.5 Å². The Labute approximate surface area is 141 Å². The highest BCUT2D eigenvalue weighted by atomic mass is 16.2. The van der Waals surface area contributed by atoms with Crippen molar-refractivity contribution < 1.29 is 4.79 Å². The molecule has 0 saturated carbocycles. The summed E-state index contributed by atoms with van der Waals surface area (Å²) in [4.78, 5) is 14.9. The van der Waals surface area contributed by atoms with Crippen LogP contribution < -0.4 is 0 Å². The molecule has 0 fully saturated rings. The molecule has 0 atom stereocenters. The van der Waals surface area contributed by atoms with Gasteiger partial charge in [-0.25, -0.2) is 0 Å². The maximum atomic E-state index is 13.0. The molecule has 3 rings (SSSR count). The van der Waals surface area contributed by atoms with Crippen LogP contribution in [0, 0.1) is 6.92 Å². The quantitative estimate of drug-likeness (QED) is 0.722. The summed E-state index contributed by atoms with van der Waals surface area (Å²) in [5, 5.41) is 7.83. The monoisotopic (exact) mass is 317 g/mol. The minimum absolute atomic E-state index is 0.0323. The van der Waals surface area contributed by atoms with E-state index in [9.17, 15) is 4.79 Å². The second-order valence-corrected chi connectivity index (χ2v) is 5.66. The van der Waals surface area contributed by atoms with Gasteiger partial charge in [-0.2, -0.15) is 10.2 Å². The van der Waals surface area contributed by atoms with Gasteiger partial charge in [-0.3, -0.25) is 4.79 Å². The molecule has 0 aliphatic carbocycles. The highest BCUT2D eigenvalue weighted by Crippen LogP contribution is 2.15. The third kappa shape index (κ3) is 3.84. The fraction of sp³-hybridized carbons (Fsp3) is 0.150. The molecule has 0 unspecified atom stereocenters. The van der Waals surface area contributed by atoms with Crippen LogP contribution >= 0.6 is 0 Å². The van der Waals surface area contributed by atoms with Crippen LogP contribution in [0.2, 0.25) is 0 Å². The molecule has 0 aliphatic heterocycles. The van der Waals surface area contributed by atoms with E-state index in [0.29, 0.717) is 24.3 Å². The number of aryl methyl sites for hydroxylation is 1. The van der Waals surface area contributed by atoms with Crippen molar-refractivity contribution in [3.05, 3.63) is 95.3 Å². The number of carbonyl (C=O) groups is 1. The highest BCUT2D eigenvalue weighted by molar-refractivity contribution is 5.95. The first kappa shape index (κ1) is 15.9. The summed E-state index contributed by atoms with van der Waals surface area (Å²) in [5.41, 5.74) is 3.44. The van der Waals surface area contributed by atoms with Crippen molar-refractivity contribution in [2.75, 3.05) is 0 Å². The largest absolute Gasteiger partial charge is 0.330 e. The van der Waals surface area contributed by atoms with Crippen molar-refractivity contribution >= 4 is 5.91 Å². The maximum Gasteiger partial charge on any atom is 0.256 e. The molecule has 0 aliphatic rings. The molecule has 0 radical (unpaired) electrons. The van der Waals surface area contributed by atoms with Gasteiger partial charge >= 0.3 is 0 Å². The highest BCUT2D eigenvalue weighted by Gasteiger charge is 2.19. The number of aromatic nitrogens is 2. The van der Waals surface area contributed by atoms with Crippen LogP contribution in [0.15, 0.2) is 72.9 Å². The van der Waals surface area contributed by atoms with Gasteiger partial charge in [0.15, 0.2) is 0 Å². The molecular weight excluding hydrogens is 298 g/mol. The Morgan fingerprint density at radius 2 is 1.42 bits per heavy atom. The van der Waals surface area contributed by atoms with Crippen molar-refractivity contribution in [1.82, 2.24) is 15.1 Å². The molecule has 1 amide bonds. The molecule has 0 saturated heterocycles. The minimum Gasteiger partial charge on any atom is -0.330 e. The predicted molar refractivity (Wildman–Crippen MR) is 93.2 cm³/mol. The summed E-state index contributed by atoms with van der Waals surface area (Å²) in [6, 6.07) is 21.7. The molecule has 1 aromatic heterocycles. The second-order valence-electron chi connectivity index (χ2n) is 5.66. The molecule has 0 spiro atoms. The fourth-order valence-corrected chi connectivity index (χ4v) is 2.61. The average molecular weight is 317 g/mol. The van der Waals surface area contributed by atoms with Gasteiger partial charge < -0.3 is 4.90 Å². The van der Waals surface area contributed by atoms with Gasteiger partial charge in [0.2, 0.25) is 0 Å². The Hall–Kier alpha value is -3.01. The molecule has 2 aromatic carbocycles. The van der Waals surface area contributed by atoms with Crippen molar-refractivity contribution in [3.8, 4) is 0 Å². The van der Waals surface area contributed by atoms with Gasteiger partial charge in [0.05, 0.1) is 17.5 Å². The molecule has 1 heterocycles. The molecule has 4 nitrogen and oxygen atoms in total. The smallest absolute Gasteiger partial charge is 0.256 e. The summed E-state index contributed by atoms with van der Waals surface area (Å²) in [7, 11) is 0. The Morgan fingerprint density at radius 3 is 1.92 bits per heavy atom. The zero-order valence-corrected chi connectivity index (χ0v) is 13.6. The summed E-state index contributed by atoms with van der Waals surface area (Å²) < 4.78 is 0. The van der Waals surface area contributed by atoms with E-state index >= 15 is 0 Å². The van der Waals surface area contributed by atoms with E-state index in [1.54, 1.807) is 12.3 Å². The van der Waals surface area contributed by atoms with Gasteiger partial charge in [-0.15, -0.1) is 0 Å². The average Bonchev–Trinajstić information content (AvgIpc) is 2.63. The third-order valence-electron chi connectivity index (χ3n) is 3.86. The molecular formula is C20H19N3O. The third-order valence-corrected chi connectivity index (χ3v) is 3.86. The maximum absolute atomic E-state index is 13.0. The van der Waals surface area contributed by atoms with Crippen molar-refractivity contribution in [1.29, 1.82) is 0 Å². The van der Waals surface area contributed by atoms with E-state index in [2.05, 4.69) is 10.2 Å². The number of carbonyl (C=O) groups excluding carboxylic acids is 1. The summed E-state index contributed by atoms with van der Waals surface area (Å²) >= 11 is 0. The zero-order chi connectivity index (χ0) is 16.8. The summed E-state index contributed by atoms with van der Waals surface area (Å²) in [5.74, 6) is -0.0323. The normalized spacial score (nSPS) is 10.4. The number of nitrogens with zero attached hydrogens (tertiary/aromatic N) is 3. The molecule has 0 N–H and O–H groups in total. The fourth-order valence-electron chi connectivity index (χ4n) is 2.61. The van der Waals surface area contributed by atoms with E-state index in [1.165, 1.54) is 0 Å². The summed E-state index contributed by atoms with van der Waals surface area (Å²) in [6.07, 6.45) is 1.56. The molecule has 4 heteroatoms. The van der Waals surface area contributed by atoms with Crippen molar-refractivity contribution in [2.24, 2.45) is 0 Å². The molecule has 120 valence electrons. The van der Waals surface area contributed by atoms with Gasteiger partial charge in [0, 0.05) is 13.1 Å². The Morgan fingerprint density at radius 1 is 0.875 bits per heavy atom. The number of hydrogen-bond acceptors (Lipinski definition) is 3. The van der Waals surface area contributed by atoms with Gasteiger partial charge in [-0.05, 0) is 24.1 Å². The number of amides is 1. The first-order valence-electron chi connectivity index (χ1n) is 7.89. The van der Waals surface area contributed by atoms with Gasteiger partial charge in [0.25, 0.3) is 5.91 Å². The lowest BCUT2D eigenvalue weighted by atomic mass is 10.1. The van der Waals surface area contributed by atoms with Crippen LogP contribution in [0.3, 0.4) is 0 Å². The lowest BCUT2D eigenvalue weighted by molar-refractivity contribution is 0.0728. The Kier molecular flexibility index (Phi) is 4.96. The number of rotatable bonds is 5. The molecule has 3 aromatic rings. The van der Waals surface area contributed by atoms with Gasteiger partial charge in [-0.1, -0.05) is 60.7 Å². The van der Waals surface area contributed by atoms with Crippen molar-refractivity contribution in [3.63, 3.8) is 0 Å². The Balaban J connectivity index is 1.89. The van der Waals surface area contributed by atoms with E-state index < -0.39 is 0 Å². The second kappa shape index (κ2) is 7.51. The van der Waals surface area contributed by atoms with E-state index in [4.69, 9.17) is 0 Å². The summed E-state index contributed by atoms with van der Waals surface area (Å²) in [6.45, 7) is 2.91. The van der Waals surface area contributed by atoms with E-state index in [-0.39, 0.29) is 5.91 Å². The Bertz CT molecular complexity index is 762. The van der Waals surface area contributed by atoms with Crippen molar-refractivity contribution in [2.45, 2.75) is 20.0 Å². The van der Waals surface area contributed by atoms with E-state index in [0.717, 1.165) is 11.1 Å². The lowest BCUT2D eigenvalue weighted by Crippen LogP contribution is -2.31. The van der Waals surface area contributed by atoms with Crippen LogP contribution in [0.4, 0.5) is 0 Å². The van der Waals surface area contributed by atoms with Crippen LogP contribution in [0.1, 0.15) is 27.2 Å². The first-order chi connectivity index (χ1) is 11.7. The van der Waals surface area contributed by atoms with Crippen LogP contribution in [0.5, 0.6) is 0 Å².